The molecule has 0 aromatic carbocycles. The first-order valence-corrected chi connectivity index (χ1v) is 6.74. The Morgan fingerprint density at radius 3 is 2.44 bits per heavy atom. The lowest BCUT2D eigenvalue weighted by molar-refractivity contribution is -0.124. The third-order valence-corrected chi connectivity index (χ3v) is 4.06. The number of carbonyl (C=O) groups is 1. The third-order valence-electron chi connectivity index (χ3n) is 2.91. The van der Waals surface area contributed by atoms with Crippen LogP contribution in [0.15, 0.2) is 4.47 Å². The summed E-state index contributed by atoms with van der Waals surface area (Å²) in [4.78, 5) is 11.7. The maximum atomic E-state index is 11.7. The van der Waals surface area contributed by atoms with Crippen LogP contribution < -0.4 is 11.1 Å². The lowest BCUT2D eigenvalue weighted by Gasteiger charge is -2.30. The Hall–Kier alpha value is -0.880. The number of rotatable bonds is 5. The van der Waals surface area contributed by atoms with Gasteiger partial charge in [0.25, 0.3) is 0 Å². The van der Waals surface area contributed by atoms with Crippen LogP contribution in [-0.4, -0.2) is 27.3 Å². The average molecular weight is 317 g/mol. The number of aryl methyl sites for hydroxylation is 1. The van der Waals surface area contributed by atoms with Gasteiger partial charge in [0.15, 0.2) is 0 Å². The molecule has 1 rings (SSSR count). The number of primary amides is 1. The summed E-state index contributed by atoms with van der Waals surface area (Å²) in [5.74, 6) is -0.375. The van der Waals surface area contributed by atoms with Crippen molar-refractivity contribution in [3.05, 3.63) is 15.9 Å². The van der Waals surface area contributed by atoms with Gasteiger partial charge in [-0.1, -0.05) is 0 Å². The highest BCUT2D eigenvalue weighted by molar-refractivity contribution is 9.10. The van der Waals surface area contributed by atoms with Crippen molar-refractivity contribution in [2.24, 2.45) is 5.73 Å². The fourth-order valence-electron chi connectivity index (χ4n) is 1.96. The van der Waals surface area contributed by atoms with Gasteiger partial charge in [-0.15, -0.1) is 0 Å². The van der Waals surface area contributed by atoms with Crippen molar-refractivity contribution in [1.29, 1.82) is 0 Å². The van der Waals surface area contributed by atoms with Gasteiger partial charge in [0.2, 0.25) is 5.91 Å². The minimum Gasteiger partial charge on any atom is -0.368 e. The zero-order valence-electron chi connectivity index (χ0n) is 11.5. The highest BCUT2D eigenvalue weighted by Crippen LogP contribution is 2.21. The maximum Gasteiger partial charge on any atom is 0.239 e. The minimum absolute atomic E-state index is 0.169. The van der Waals surface area contributed by atoms with E-state index >= 15 is 0 Å². The van der Waals surface area contributed by atoms with E-state index in [-0.39, 0.29) is 11.9 Å². The molecule has 0 aliphatic heterocycles. The molecule has 0 saturated heterocycles. The van der Waals surface area contributed by atoms with Gasteiger partial charge in [0, 0.05) is 11.7 Å². The molecule has 5 nitrogen and oxygen atoms in total. The molecule has 0 aliphatic rings. The van der Waals surface area contributed by atoms with Crippen molar-refractivity contribution >= 4 is 21.8 Å². The molecule has 0 fully saturated rings. The average Bonchev–Trinajstić information content (AvgIpc) is 2.45. The van der Waals surface area contributed by atoms with E-state index in [1.54, 1.807) is 11.6 Å². The first-order chi connectivity index (χ1) is 8.17. The standard InChI is InChI=1S/C12H21BrN4O/c1-7(2)15-12(5,11(14)18)6-17-9(4)10(13)8(3)16-17/h7,15H,6H2,1-5H3,(H2,14,18). The topological polar surface area (TPSA) is 72.9 Å². The van der Waals surface area contributed by atoms with Crippen molar-refractivity contribution in [2.45, 2.75) is 52.7 Å². The molecule has 1 aromatic heterocycles. The molecule has 1 amide bonds. The van der Waals surface area contributed by atoms with Crippen molar-refractivity contribution in [3.63, 3.8) is 0 Å². The fourth-order valence-corrected chi connectivity index (χ4v) is 2.24. The van der Waals surface area contributed by atoms with Gasteiger partial charge in [-0.3, -0.25) is 14.8 Å². The van der Waals surface area contributed by atoms with E-state index in [0.717, 1.165) is 15.9 Å². The molecule has 0 saturated carbocycles. The molecule has 18 heavy (non-hydrogen) atoms. The number of aromatic nitrogens is 2. The number of halogens is 1. The molecule has 0 radical (unpaired) electrons. The summed E-state index contributed by atoms with van der Waals surface area (Å²) in [5.41, 5.74) is 6.60. The Labute approximate surface area is 116 Å². The summed E-state index contributed by atoms with van der Waals surface area (Å²) in [6, 6.07) is 0.169. The second-order valence-electron chi connectivity index (χ2n) is 5.14. The van der Waals surface area contributed by atoms with Crippen molar-refractivity contribution < 1.29 is 4.79 Å². The Morgan fingerprint density at radius 2 is 2.11 bits per heavy atom. The van der Waals surface area contributed by atoms with E-state index in [4.69, 9.17) is 5.73 Å². The van der Waals surface area contributed by atoms with Gasteiger partial charge in [-0.05, 0) is 50.5 Å². The number of hydrogen-bond donors (Lipinski definition) is 2. The third kappa shape index (κ3) is 3.11. The number of nitrogens with one attached hydrogen (secondary N) is 1. The zero-order valence-corrected chi connectivity index (χ0v) is 13.1. The lowest BCUT2D eigenvalue weighted by atomic mass is 10.0. The van der Waals surface area contributed by atoms with Crippen molar-refractivity contribution in [2.75, 3.05) is 0 Å². The van der Waals surface area contributed by atoms with E-state index in [1.807, 2.05) is 27.7 Å². The fraction of sp³-hybridized carbons (Fsp3) is 0.667. The van der Waals surface area contributed by atoms with Crippen LogP contribution >= 0.6 is 15.9 Å². The van der Waals surface area contributed by atoms with Gasteiger partial charge in [0.1, 0.15) is 5.54 Å². The second-order valence-corrected chi connectivity index (χ2v) is 5.93. The van der Waals surface area contributed by atoms with Crippen LogP contribution in [-0.2, 0) is 11.3 Å². The van der Waals surface area contributed by atoms with Crippen LogP contribution in [0.4, 0.5) is 0 Å². The lowest BCUT2D eigenvalue weighted by Crippen LogP contribution is -2.58. The van der Waals surface area contributed by atoms with Gasteiger partial charge in [-0.2, -0.15) is 5.10 Å². The predicted octanol–water partition coefficient (Wildman–Crippen LogP) is 1.50. The first-order valence-electron chi connectivity index (χ1n) is 5.94. The molecule has 1 atom stereocenters. The Morgan fingerprint density at radius 1 is 1.56 bits per heavy atom. The summed E-state index contributed by atoms with van der Waals surface area (Å²) < 4.78 is 2.78. The predicted molar refractivity (Wildman–Crippen MR) is 75.3 cm³/mol. The molecule has 0 bridgehead atoms. The van der Waals surface area contributed by atoms with Crippen molar-refractivity contribution in [3.8, 4) is 0 Å². The van der Waals surface area contributed by atoms with Crippen LogP contribution in [0.2, 0.25) is 0 Å². The summed E-state index contributed by atoms with van der Waals surface area (Å²) in [5, 5.41) is 7.62. The summed E-state index contributed by atoms with van der Waals surface area (Å²) in [7, 11) is 0. The number of nitrogens with two attached hydrogens (primary N) is 1. The number of carbonyl (C=O) groups excluding carboxylic acids is 1. The maximum absolute atomic E-state index is 11.7. The number of amides is 1. The summed E-state index contributed by atoms with van der Waals surface area (Å²) >= 11 is 3.48. The Kier molecular flexibility index (Phi) is 4.55. The van der Waals surface area contributed by atoms with E-state index in [1.165, 1.54) is 0 Å². The summed E-state index contributed by atoms with van der Waals surface area (Å²) in [6.45, 7) is 10.1. The van der Waals surface area contributed by atoms with E-state index in [0.29, 0.717) is 6.54 Å². The monoisotopic (exact) mass is 316 g/mol. The van der Waals surface area contributed by atoms with E-state index < -0.39 is 5.54 Å². The van der Waals surface area contributed by atoms with Gasteiger partial charge in [0.05, 0.1) is 16.7 Å². The molecule has 6 heteroatoms. The quantitative estimate of drug-likeness (QED) is 0.864. The van der Waals surface area contributed by atoms with Crippen LogP contribution in [0.25, 0.3) is 0 Å². The largest absolute Gasteiger partial charge is 0.368 e. The van der Waals surface area contributed by atoms with E-state index in [2.05, 4.69) is 26.3 Å². The molecule has 3 N–H and O–H groups in total. The van der Waals surface area contributed by atoms with Gasteiger partial charge < -0.3 is 5.73 Å². The number of nitrogens with zero attached hydrogens (tertiary/aromatic N) is 2. The van der Waals surface area contributed by atoms with Crippen molar-refractivity contribution in [1.82, 2.24) is 15.1 Å². The minimum atomic E-state index is -0.809. The Balaban J connectivity index is 3.04. The second kappa shape index (κ2) is 5.40. The summed E-state index contributed by atoms with van der Waals surface area (Å²) in [6.07, 6.45) is 0. The van der Waals surface area contributed by atoms with Gasteiger partial charge >= 0.3 is 0 Å². The molecule has 1 heterocycles. The first kappa shape index (κ1) is 15.2. The van der Waals surface area contributed by atoms with Crippen LogP contribution in [0.5, 0.6) is 0 Å². The molecule has 102 valence electrons. The van der Waals surface area contributed by atoms with Crippen LogP contribution in [0.3, 0.4) is 0 Å². The molecular weight excluding hydrogens is 296 g/mol. The zero-order chi connectivity index (χ0) is 14.1. The SMILES string of the molecule is Cc1nn(CC(C)(NC(C)C)C(N)=O)c(C)c1Br. The normalized spacial score (nSPS) is 14.8. The Bertz CT molecular complexity index is 455. The molecule has 0 spiro atoms. The van der Waals surface area contributed by atoms with Crippen LogP contribution in [0.1, 0.15) is 32.2 Å². The number of hydrogen-bond acceptors (Lipinski definition) is 3. The van der Waals surface area contributed by atoms with E-state index in [9.17, 15) is 4.79 Å². The smallest absolute Gasteiger partial charge is 0.239 e. The molecular formula is C12H21BrN4O. The molecule has 1 unspecified atom stereocenters. The van der Waals surface area contributed by atoms with Crippen LogP contribution in [0, 0.1) is 13.8 Å². The highest BCUT2D eigenvalue weighted by Gasteiger charge is 2.33. The molecule has 1 aromatic rings. The van der Waals surface area contributed by atoms with Gasteiger partial charge in [-0.25, -0.2) is 0 Å². The highest BCUT2D eigenvalue weighted by atomic mass is 79.9. The molecule has 0 aliphatic carbocycles.